The van der Waals surface area contributed by atoms with Crippen molar-refractivity contribution < 1.29 is 13.6 Å². The number of likely N-dealkylation sites (N-methyl/N-ethyl adjacent to an activating group) is 1. The number of piperidine rings is 1. The molecule has 0 saturated carbocycles. The molecule has 0 spiro atoms. The molecule has 1 amide bonds. The molecule has 1 fully saturated rings. The number of likely N-dealkylation sites (tertiary alicyclic amines) is 1. The van der Waals surface area contributed by atoms with Crippen molar-refractivity contribution in [3.8, 4) is 0 Å². The van der Waals surface area contributed by atoms with E-state index in [2.05, 4.69) is 5.32 Å². The van der Waals surface area contributed by atoms with Crippen LogP contribution < -0.4 is 5.32 Å². The fourth-order valence-electron chi connectivity index (χ4n) is 1.43. The second-order valence-electron chi connectivity index (χ2n) is 3.52. The van der Waals surface area contributed by atoms with E-state index in [-0.39, 0.29) is 38.4 Å². The Hall–Kier alpha value is -0.710. The van der Waals surface area contributed by atoms with Gasteiger partial charge in [0.05, 0.1) is 6.54 Å². The number of nitrogens with one attached hydrogen (secondary N) is 1. The molecule has 1 aliphatic heterocycles. The molecule has 0 aromatic rings. The van der Waals surface area contributed by atoms with Gasteiger partial charge in [-0.3, -0.25) is 4.79 Å². The first-order chi connectivity index (χ1) is 6.55. The van der Waals surface area contributed by atoms with Crippen molar-refractivity contribution in [2.75, 3.05) is 26.2 Å². The second-order valence-corrected chi connectivity index (χ2v) is 3.52. The molecule has 0 aromatic heterocycles. The summed E-state index contributed by atoms with van der Waals surface area (Å²) in [6.45, 7) is 3.23. The first-order valence-electron chi connectivity index (χ1n) is 4.91. The Bertz CT molecular complexity index is 199. The van der Waals surface area contributed by atoms with Crippen LogP contribution in [0.5, 0.6) is 0 Å². The second kappa shape index (κ2) is 4.68. The van der Waals surface area contributed by atoms with Crippen molar-refractivity contribution in [3.05, 3.63) is 0 Å². The van der Waals surface area contributed by atoms with Crippen molar-refractivity contribution in [1.82, 2.24) is 10.2 Å². The van der Waals surface area contributed by atoms with Crippen LogP contribution in [-0.4, -0.2) is 42.9 Å². The third-order valence-corrected chi connectivity index (χ3v) is 2.37. The van der Waals surface area contributed by atoms with E-state index in [4.69, 9.17) is 0 Å². The van der Waals surface area contributed by atoms with Crippen LogP contribution in [0.25, 0.3) is 0 Å². The highest BCUT2D eigenvalue weighted by Crippen LogP contribution is 2.27. The Balaban J connectivity index is 2.30. The molecule has 5 heteroatoms. The maximum atomic E-state index is 12.7. The van der Waals surface area contributed by atoms with Crippen molar-refractivity contribution in [2.45, 2.75) is 25.7 Å². The predicted molar refractivity (Wildman–Crippen MR) is 49.3 cm³/mol. The maximum Gasteiger partial charge on any atom is 0.251 e. The van der Waals surface area contributed by atoms with Gasteiger partial charge in [0.15, 0.2) is 0 Å². The molecule has 82 valence electrons. The summed E-state index contributed by atoms with van der Waals surface area (Å²) < 4.78 is 25.5. The summed E-state index contributed by atoms with van der Waals surface area (Å²) in [5, 5.41) is 2.89. The lowest BCUT2D eigenvalue weighted by Crippen LogP contribution is -2.45. The van der Waals surface area contributed by atoms with Crippen LogP contribution in [0.3, 0.4) is 0 Å². The van der Waals surface area contributed by atoms with Crippen molar-refractivity contribution in [3.63, 3.8) is 0 Å². The molecule has 0 radical (unpaired) electrons. The fraction of sp³-hybridized carbons (Fsp3) is 0.889. The topological polar surface area (TPSA) is 32.3 Å². The minimum Gasteiger partial charge on any atom is -0.341 e. The lowest BCUT2D eigenvalue weighted by Gasteiger charge is -2.31. The molecule has 3 nitrogen and oxygen atoms in total. The number of hydrogen-bond acceptors (Lipinski definition) is 2. The van der Waals surface area contributed by atoms with Crippen LogP contribution in [0.15, 0.2) is 0 Å². The summed E-state index contributed by atoms with van der Waals surface area (Å²) in [7, 11) is 0. The van der Waals surface area contributed by atoms with E-state index >= 15 is 0 Å². The van der Waals surface area contributed by atoms with E-state index < -0.39 is 5.92 Å². The van der Waals surface area contributed by atoms with Gasteiger partial charge in [-0.25, -0.2) is 8.78 Å². The van der Waals surface area contributed by atoms with Gasteiger partial charge in [-0.2, -0.15) is 0 Å². The SMILES string of the molecule is CCNCC(=O)N1CCC(F)(F)CC1. The molecule has 0 unspecified atom stereocenters. The van der Waals surface area contributed by atoms with E-state index in [9.17, 15) is 13.6 Å². The lowest BCUT2D eigenvalue weighted by molar-refractivity contribution is -0.136. The van der Waals surface area contributed by atoms with Gasteiger partial charge in [-0.05, 0) is 6.54 Å². The zero-order chi connectivity index (χ0) is 10.6. The third kappa shape index (κ3) is 3.21. The maximum absolute atomic E-state index is 12.7. The van der Waals surface area contributed by atoms with Crippen LogP contribution in [0.1, 0.15) is 19.8 Å². The number of alkyl halides is 2. The number of amides is 1. The van der Waals surface area contributed by atoms with Crippen LogP contribution >= 0.6 is 0 Å². The standard InChI is InChI=1S/C9H16F2N2O/c1-2-12-7-8(14)13-5-3-9(10,11)4-6-13/h12H,2-7H2,1H3. The number of carbonyl (C=O) groups excluding carboxylic acids is 1. The average molecular weight is 206 g/mol. The van der Waals surface area contributed by atoms with Gasteiger partial charge in [-0.15, -0.1) is 0 Å². The Morgan fingerprint density at radius 3 is 2.50 bits per heavy atom. The van der Waals surface area contributed by atoms with Crippen molar-refractivity contribution in [2.24, 2.45) is 0 Å². The zero-order valence-corrected chi connectivity index (χ0v) is 8.35. The molecule has 1 heterocycles. The molecule has 1 N–H and O–H groups in total. The van der Waals surface area contributed by atoms with Crippen LogP contribution in [-0.2, 0) is 4.79 Å². The minimum atomic E-state index is -2.57. The summed E-state index contributed by atoms with van der Waals surface area (Å²) in [5.41, 5.74) is 0. The quantitative estimate of drug-likeness (QED) is 0.742. The Labute approximate surface area is 82.5 Å². The molecule has 0 aromatic carbocycles. The fourth-order valence-corrected chi connectivity index (χ4v) is 1.43. The molecular weight excluding hydrogens is 190 g/mol. The summed E-state index contributed by atoms with van der Waals surface area (Å²) in [5.74, 6) is -2.66. The molecule has 1 aliphatic rings. The summed E-state index contributed by atoms with van der Waals surface area (Å²) in [4.78, 5) is 12.9. The molecule has 0 aliphatic carbocycles. The number of nitrogens with zero attached hydrogens (tertiary/aromatic N) is 1. The Morgan fingerprint density at radius 1 is 1.43 bits per heavy atom. The molecule has 1 rings (SSSR count). The first kappa shape index (κ1) is 11.4. The predicted octanol–water partition coefficient (Wildman–Crippen LogP) is 0.854. The van der Waals surface area contributed by atoms with Crippen molar-refractivity contribution >= 4 is 5.91 Å². The molecule has 1 saturated heterocycles. The highest BCUT2D eigenvalue weighted by molar-refractivity contribution is 5.78. The van der Waals surface area contributed by atoms with E-state index in [0.29, 0.717) is 0 Å². The van der Waals surface area contributed by atoms with Crippen LogP contribution in [0.2, 0.25) is 0 Å². The number of halogens is 2. The monoisotopic (exact) mass is 206 g/mol. The van der Waals surface area contributed by atoms with Gasteiger partial charge in [0.25, 0.3) is 5.92 Å². The summed E-state index contributed by atoms with van der Waals surface area (Å²) >= 11 is 0. The summed E-state index contributed by atoms with van der Waals surface area (Å²) in [6, 6.07) is 0. The molecule has 0 atom stereocenters. The van der Waals surface area contributed by atoms with Gasteiger partial charge < -0.3 is 10.2 Å². The zero-order valence-electron chi connectivity index (χ0n) is 8.35. The Kier molecular flexibility index (Phi) is 3.80. The number of carbonyl (C=O) groups is 1. The van der Waals surface area contributed by atoms with Gasteiger partial charge in [0.1, 0.15) is 0 Å². The van der Waals surface area contributed by atoms with E-state index in [0.717, 1.165) is 6.54 Å². The van der Waals surface area contributed by atoms with Gasteiger partial charge in [0, 0.05) is 25.9 Å². The van der Waals surface area contributed by atoms with Crippen LogP contribution in [0, 0.1) is 0 Å². The van der Waals surface area contributed by atoms with E-state index in [1.54, 1.807) is 0 Å². The van der Waals surface area contributed by atoms with Gasteiger partial charge in [-0.1, -0.05) is 6.92 Å². The summed E-state index contributed by atoms with van der Waals surface area (Å²) in [6.07, 6.45) is -0.407. The van der Waals surface area contributed by atoms with Crippen molar-refractivity contribution in [1.29, 1.82) is 0 Å². The van der Waals surface area contributed by atoms with Gasteiger partial charge >= 0.3 is 0 Å². The highest BCUT2D eigenvalue weighted by Gasteiger charge is 2.35. The van der Waals surface area contributed by atoms with Gasteiger partial charge in [0.2, 0.25) is 5.91 Å². The van der Waals surface area contributed by atoms with Crippen LogP contribution in [0.4, 0.5) is 8.78 Å². The highest BCUT2D eigenvalue weighted by atomic mass is 19.3. The normalized spacial score (nSPS) is 20.9. The number of rotatable bonds is 3. The smallest absolute Gasteiger partial charge is 0.251 e. The minimum absolute atomic E-state index is 0.0812. The average Bonchev–Trinajstić information content (AvgIpc) is 2.14. The first-order valence-corrected chi connectivity index (χ1v) is 4.91. The lowest BCUT2D eigenvalue weighted by atomic mass is 10.1. The molecular formula is C9H16F2N2O. The Morgan fingerprint density at radius 2 is 2.00 bits per heavy atom. The largest absolute Gasteiger partial charge is 0.341 e. The van der Waals surface area contributed by atoms with E-state index in [1.807, 2.05) is 6.92 Å². The third-order valence-electron chi connectivity index (χ3n) is 2.37. The molecule has 14 heavy (non-hydrogen) atoms. The molecule has 0 bridgehead atoms. The number of hydrogen-bond donors (Lipinski definition) is 1. The van der Waals surface area contributed by atoms with E-state index in [1.165, 1.54) is 4.90 Å².